The van der Waals surface area contributed by atoms with Gasteiger partial charge in [0.25, 0.3) is 0 Å². The number of rotatable bonds is 5. The Kier molecular flexibility index (Phi) is 6.57. The fourth-order valence-corrected chi connectivity index (χ4v) is 7.27. The summed E-state index contributed by atoms with van der Waals surface area (Å²) in [5.41, 5.74) is 0.602. The maximum Gasteiger partial charge on any atom is 0.308 e. The Hall–Kier alpha value is -4.84. The van der Waals surface area contributed by atoms with E-state index in [1.165, 1.54) is 6.20 Å². The molecule has 5 aromatic rings. The van der Waals surface area contributed by atoms with Crippen LogP contribution in [0.25, 0.3) is 44.1 Å². The van der Waals surface area contributed by atoms with Gasteiger partial charge in [-0.25, -0.2) is 18.2 Å². The summed E-state index contributed by atoms with van der Waals surface area (Å²) in [7, 11) is 0. The topological polar surface area (TPSA) is 102 Å². The molecule has 3 aromatic carbocycles. The number of nitrogens with zero attached hydrogens (tertiary/aromatic N) is 2. The van der Waals surface area contributed by atoms with Gasteiger partial charge in [-0.1, -0.05) is 49.2 Å². The number of nitrogens with one attached hydrogen (secondary N) is 2. The van der Waals surface area contributed by atoms with Gasteiger partial charge < -0.3 is 15.4 Å². The van der Waals surface area contributed by atoms with Crippen LogP contribution in [0, 0.1) is 46.5 Å². The maximum absolute atomic E-state index is 16.7. The van der Waals surface area contributed by atoms with Crippen molar-refractivity contribution in [2.75, 3.05) is 5.32 Å². The molecule has 43 heavy (non-hydrogen) atoms. The van der Waals surface area contributed by atoms with Gasteiger partial charge in [0.15, 0.2) is 11.6 Å². The Balaban J connectivity index is 1.46. The van der Waals surface area contributed by atoms with Gasteiger partial charge in [-0.3, -0.25) is 4.79 Å². The first kappa shape index (κ1) is 27.0. The van der Waals surface area contributed by atoms with Crippen molar-refractivity contribution in [1.82, 2.24) is 9.97 Å². The molecule has 3 N–H and O–H groups in total. The van der Waals surface area contributed by atoms with Crippen molar-refractivity contribution in [2.24, 2.45) is 17.8 Å². The highest BCUT2D eigenvalue weighted by Gasteiger charge is 2.44. The molecule has 2 aliphatic carbocycles. The van der Waals surface area contributed by atoms with E-state index in [-0.39, 0.29) is 45.0 Å². The quantitative estimate of drug-likeness (QED) is 0.195. The molecule has 2 fully saturated rings. The fourth-order valence-electron chi connectivity index (χ4n) is 7.27. The average molecular weight is 581 g/mol. The van der Waals surface area contributed by atoms with Crippen molar-refractivity contribution in [3.8, 4) is 28.5 Å². The van der Waals surface area contributed by atoms with Crippen molar-refractivity contribution in [3.05, 3.63) is 83.8 Å². The first-order valence-corrected chi connectivity index (χ1v) is 14.4. The Morgan fingerprint density at radius 2 is 1.86 bits per heavy atom. The molecule has 0 amide bonds. The summed E-state index contributed by atoms with van der Waals surface area (Å²) in [5, 5.41) is 25.6. The van der Waals surface area contributed by atoms with E-state index < -0.39 is 35.4 Å². The molecule has 0 aliphatic heterocycles. The van der Waals surface area contributed by atoms with E-state index in [2.05, 4.69) is 21.4 Å². The second-order valence-electron chi connectivity index (χ2n) is 11.7. The van der Waals surface area contributed by atoms with Crippen molar-refractivity contribution >= 4 is 33.5 Å². The van der Waals surface area contributed by atoms with Crippen molar-refractivity contribution in [1.29, 1.82) is 5.26 Å². The minimum absolute atomic E-state index is 0.0174. The summed E-state index contributed by atoms with van der Waals surface area (Å²) in [5.74, 6) is -3.93. The Bertz CT molecular complexity index is 1960. The second-order valence-corrected chi connectivity index (χ2v) is 11.7. The molecular formula is C34H27F3N4O2. The van der Waals surface area contributed by atoms with Crippen LogP contribution in [0.5, 0.6) is 0 Å². The van der Waals surface area contributed by atoms with Gasteiger partial charge in [-0.15, -0.1) is 0 Å². The largest absolute Gasteiger partial charge is 0.481 e. The summed E-state index contributed by atoms with van der Waals surface area (Å²) >= 11 is 0. The van der Waals surface area contributed by atoms with Crippen molar-refractivity contribution in [3.63, 3.8) is 0 Å². The monoisotopic (exact) mass is 580 g/mol. The number of aliphatic carboxylic acids is 1. The minimum Gasteiger partial charge on any atom is -0.481 e. The summed E-state index contributed by atoms with van der Waals surface area (Å²) in [4.78, 5) is 19.7. The average Bonchev–Trinajstić information content (AvgIpc) is 3.42. The number of carbonyl (C=O) groups is 1. The van der Waals surface area contributed by atoms with Crippen LogP contribution in [0.4, 0.5) is 19.0 Å². The van der Waals surface area contributed by atoms with Crippen LogP contribution in [0.1, 0.15) is 37.7 Å². The molecule has 9 heteroatoms. The smallest absolute Gasteiger partial charge is 0.308 e. The fraction of sp³-hybridized carbons (Fsp3) is 0.265. The number of hydrogen-bond acceptors (Lipinski definition) is 4. The van der Waals surface area contributed by atoms with Gasteiger partial charge in [-0.05, 0) is 59.6 Å². The lowest BCUT2D eigenvalue weighted by Gasteiger charge is -2.44. The van der Waals surface area contributed by atoms with Gasteiger partial charge in [0.2, 0.25) is 0 Å². The van der Waals surface area contributed by atoms with Crippen LogP contribution in [0.2, 0.25) is 0 Å². The molecule has 0 spiro atoms. The number of nitriles is 1. The second kappa shape index (κ2) is 10.5. The van der Waals surface area contributed by atoms with Gasteiger partial charge in [-0.2, -0.15) is 5.26 Å². The zero-order valence-corrected chi connectivity index (χ0v) is 23.0. The minimum atomic E-state index is -0.944. The maximum atomic E-state index is 16.7. The number of halogens is 3. The lowest BCUT2D eigenvalue weighted by molar-refractivity contribution is -0.145. The summed E-state index contributed by atoms with van der Waals surface area (Å²) in [6, 6.07) is 16.3. The molecular weight excluding hydrogens is 553 g/mol. The molecule has 7 rings (SSSR count). The van der Waals surface area contributed by atoms with E-state index in [9.17, 15) is 23.9 Å². The van der Waals surface area contributed by atoms with E-state index in [0.29, 0.717) is 17.9 Å². The molecule has 0 saturated heterocycles. The standard InChI is InChI=1S/C34H27F3N4O2/c35-22-13-23-26(16-39-32(23)27(36)14-22)31-25(15-38)28(20-9-8-18-5-1-2-6-19(18)12-20)29(37)33(41-31)40-30-21-7-3-4-17(10-21)11-24(30)34(42)43/h1-2,5-6,8-9,12-14,16-17,21,24,30,39H,3-4,7,10-11H2,(H,40,41)(H,42,43). The molecule has 2 aliphatic rings. The lowest BCUT2D eigenvalue weighted by Crippen LogP contribution is -2.47. The number of fused-ring (bicyclic) bond motifs is 4. The first-order chi connectivity index (χ1) is 20.8. The SMILES string of the molecule is N#Cc1c(-c2c[nH]c3c(F)cc(F)cc23)nc(NC2C3CCCC(C3)CC2C(=O)O)c(F)c1-c1ccc2ccccc2c1. The van der Waals surface area contributed by atoms with Crippen molar-refractivity contribution < 1.29 is 23.1 Å². The molecule has 2 bridgehead atoms. The third-order valence-corrected chi connectivity index (χ3v) is 9.22. The van der Waals surface area contributed by atoms with Crippen LogP contribution in [-0.4, -0.2) is 27.1 Å². The van der Waals surface area contributed by atoms with Crippen LogP contribution >= 0.6 is 0 Å². The number of aromatic amines is 1. The van der Waals surface area contributed by atoms with Crippen LogP contribution in [-0.2, 0) is 4.79 Å². The molecule has 4 unspecified atom stereocenters. The first-order valence-electron chi connectivity index (χ1n) is 14.4. The molecule has 2 aromatic heterocycles. The highest BCUT2D eigenvalue weighted by atomic mass is 19.1. The van der Waals surface area contributed by atoms with Crippen LogP contribution in [0.3, 0.4) is 0 Å². The van der Waals surface area contributed by atoms with E-state index in [1.807, 2.05) is 30.3 Å². The van der Waals surface area contributed by atoms with E-state index in [1.54, 1.807) is 12.1 Å². The van der Waals surface area contributed by atoms with Gasteiger partial charge >= 0.3 is 5.97 Å². The molecule has 4 atom stereocenters. The molecule has 6 nitrogen and oxygen atoms in total. The van der Waals surface area contributed by atoms with E-state index in [4.69, 9.17) is 0 Å². The number of anilines is 1. The molecule has 216 valence electrons. The zero-order valence-electron chi connectivity index (χ0n) is 23.0. The number of aromatic nitrogens is 2. The zero-order chi connectivity index (χ0) is 29.8. The number of benzene rings is 3. The predicted molar refractivity (Wildman–Crippen MR) is 158 cm³/mol. The summed E-state index contributed by atoms with van der Waals surface area (Å²) in [6.45, 7) is 0. The van der Waals surface area contributed by atoms with Gasteiger partial charge in [0, 0.05) is 34.8 Å². The Labute approximate surface area is 245 Å². The van der Waals surface area contributed by atoms with Crippen molar-refractivity contribution in [2.45, 2.75) is 38.1 Å². The highest BCUT2D eigenvalue weighted by molar-refractivity contribution is 5.99. The lowest BCUT2D eigenvalue weighted by atomic mass is 9.65. The number of hydrogen-bond donors (Lipinski definition) is 3. The number of pyridine rings is 1. The number of carboxylic acids is 1. The third-order valence-electron chi connectivity index (χ3n) is 9.22. The van der Waals surface area contributed by atoms with Crippen LogP contribution in [0.15, 0.2) is 60.8 Å². The number of carboxylic acid groups (broad SMARTS) is 1. The highest BCUT2D eigenvalue weighted by Crippen LogP contribution is 2.45. The molecule has 2 saturated carbocycles. The summed E-state index contributed by atoms with van der Waals surface area (Å²) in [6.07, 6.45) is 5.55. The normalized spacial score (nSPS) is 21.5. The number of H-pyrrole nitrogens is 1. The van der Waals surface area contributed by atoms with Gasteiger partial charge in [0.05, 0.1) is 22.7 Å². The molecule has 2 heterocycles. The van der Waals surface area contributed by atoms with Gasteiger partial charge in [0.1, 0.15) is 17.7 Å². The third kappa shape index (κ3) is 4.58. The summed E-state index contributed by atoms with van der Waals surface area (Å²) < 4.78 is 45.7. The predicted octanol–water partition coefficient (Wildman–Crippen LogP) is 8.03. The Morgan fingerprint density at radius 1 is 1.05 bits per heavy atom. The molecule has 0 radical (unpaired) electrons. The van der Waals surface area contributed by atoms with Crippen LogP contribution < -0.4 is 5.32 Å². The Morgan fingerprint density at radius 3 is 2.65 bits per heavy atom. The van der Waals surface area contributed by atoms with E-state index in [0.717, 1.165) is 48.6 Å². The van der Waals surface area contributed by atoms with E-state index >= 15 is 4.39 Å².